The molecule has 0 saturated carbocycles. The van der Waals surface area contributed by atoms with Gasteiger partial charge in [-0.25, -0.2) is 0 Å². The number of nitrogens with zero attached hydrogens (tertiary/aromatic N) is 1. The molecule has 0 radical (unpaired) electrons. The van der Waals surface area contributed by atoms with Crippen molar-refractivity contribution in [3.8, 4) is 0 Å². The molecule has 0 spiro atoms. The number of alkyl halides is 3. The number of rotatable bonds is 5. The summed E-state index contributed by atoms with van der Waals surface area (Å²) < 4.78 is 38.5. The molecule has 0 aliphatic carbocycles. The van der Waals surface area contributed by atoms with E-state index >= 15 is 0 Å². The Hall–Kier alpha value is -0.250. The molecule has 0 fully saturated rings. The van der Waals surface area contributed by atoms with Crippen LogP contribution in [-0.2, 0) is 0 Å². The standard InChI is InChI=1S/C13H26F3N/c1-10(2)11(13(14,15)16)17(6)9-7-8-12(3,4)5/h10-11H,7-9H2,1-6H3/t11-/m1/s1. The van der Waals surface area contributed by atoms with E-state index in [0.717, 1.165) is 12.8 Å². The van der Waals surface area contributed by atoms with Crippen molar-refractivity contribution in [1.82, 2.24) is 4.90 Å². The van der Waals surface area contributed by atoms with E-state index in [0.29, 0.717) is 6.54 Å². The zero-order chi connectivity index (χ0) is 13.9. The van der Waals surface area contributed by atoms with Gasteiger partial charge in [-0.15, -0.1) is 0 Å². The average molecular weight is 253 g/mol. The van der Waals surface area contributed by atoms with Gasteiger partial charge in [-0.3, -0.25) is 4.90 Å². The lowest BCUT2D eigenvalue weighted by Gasteiger charge is -2.33. The predicted molar refractivity (Wildman–Crippen MR) is 66.0 cm³/mol. The lowest BCUT2D eigenvalue weighted by molar-refractivity contribution is -0.191. The van der Waals surface area contributed by atoms with Crippen LogP contribution in [0.4, 0.5) is 13.2 Å². The summed E-state index contributed by atoms with van der Waals surface area (Å²) in [5.74, 6) is -0.408. The molecule has 104 valence electrons. The highest BCUT2D eigenvalue weighted by molar-refractivity contribution is 4.80. The summed E-state index contributed by atoms with van der Waals surface area (Å²) in [6.07, 6.45) is -2.38. The summed E-state index contributed by atoms with van der Waals surface area (Å²) in [7, 11) is 1.57. The van der Waals surface area contributed by atoms with Crippen LogP contribution in [-0.4, -0.2) is 30.7 Å². The first-order valence-electron chi connectivity index (χ1n) is 6.22. The normalized spacial score (nSPS) is 15.7. The van der Waals surface area contributed by atoms with Crippen molar-refractivity contribution in [1.29, 1.82) is 0 Å². The predicted octanol–water partition coefficient (Wildman–Crippen LogP) is 4.33. The van der Waals surface area contributed by atoms with E-state index in [1.165, 1.54) is 4.90 Å². The third-order valence-corrected chi connectivity index (χ3v) is 2.88. The third kappa shape index (κ3) is 6.92. The smallest absolute Gasteiger partial charge is 0.295 e. The van der Waals surface area contributed by atoms with Crippen LogP contribution >= 0.6 is 0 Å². The van der Waals surface area contributed by atoms with Gasteiger partial charge >= 0.3 is 6.18 Å². The van der Waals surface area contributed by atoms with Crippen molar-refractivity contribution in [2.24, 2.45) is 11.3 Å². The molecule has 0 aliphatic rings. The van der Waals surface area contributed by atoms with Crippen molar-refractivity contribution >= 4 is 0 Å². The summed E-state index contributed by atoms with van der Waals surface area (Å²) in [5.41, 5.74) is 0.187. The lowest BCUT2D eigenvalue weighted by atomic mass is 9.90. The van der Waals surface area contributed by atoms with Crippen molar-refractivity contribution in [2.45, 2.75) is 59.7 Å². The van der Waals surface area contributed by atoms with Crippen LogP contribution in [0.1, 0.15) is 47.5 Å². The molecule has 0 aromatic rings. The first-order chi connectivity index (χ1) is 7.45. The first kappa shape index (κ1) is 16.8. The molecule has 0 heterocycles. The van der Waals surface area contributed by atoms with Gasteiger partial charge in [-0.1, -0.05) is 34.6 Å². The van der Waals surface area contributed by atoms with Gasteiger partial charge in [0.25, 0.3) is 0 Å². The molecule has 0 aromatic heterocycles. The maximum absolute atomic E-state index is 12.8. The summed E-state index contributed by atoms with van der Waals surface area (Å²) in [6.45, 7) is 10.1. The van der Waals surface area contributed by atoms with E-state index in [1.54, 1.807) is 20.9 Å². The van der Waals surface area contributed by atoms with Crippen LogP contribution in [0.5, 0.6) is 0 Å². The van der Waals surface area contributed by atoms with Crippen LogP contribution in [0.3, 0.4) is 0 Å². The van der Waals surface area contributed by atoms with Gasteiger partial charge in [0.05, 0.1) is 0 Å². The van der Waals surface area contributed by atoms with E-state index in [9.17, 15) is 13.2 Å². The van der Waals surface area contributed by atoms with Gasteiger partial charge in [-0.05, 0) is 37.8 Å². The minimum atomic E-state index is -4.13. The summed E-state index contributed by atoms with van der Waals surface area (Å²) in [4.78, 5) is 1.44. The molecule has 0 aromatic carbocycles. The molecule has 0 aliphatic heterocycles. The quantitative estimate of drug-likeness (QED) is 0.705. The van der Waals surface area contributed by atoms with E-state index in [1.807, 2.05) is 0 Å². The molecule has 0 amide bonds. The Labute approximate surface area is 103 Å². The Balaban J connectivity index is 4.31. The summed E-state index contributed by atoms with van der Waals surface area (Å²) >= 11 is 0. The molecular formula is C13H26F3N. The largest absolute Gasteiger partial charge is 0.404 e. The molecule has 1 nitrogen and oxygen atoms in total. The fourth-order valence-corrected chi connectivity index (χ4v) is 2.13. The van der Waals surface area contributed by atoms with Crippen molar-refractivity contribution in [3.63, 3.8) is 0 Å². The van der Waals surface area contributed by atoms with E-state index < -0.39 is 18.1 Å². The maximum atomic E-state index is 12.8. The molecule has 17 heavy (non-hydrogen) atoms. The number of hydrogen-bond acceptors (Lipinski definition) is 1. The van der Waals surface area contributed by atoms with Crippen LogP contribution in [0.2, 0.25) is 0 Å². The maximum Gasteiger partial charge on any atom is 0.404 e. The molecule has 0 bridgehead atoms. The second-order valence-electron chi connectivity index (χ2n) is 6.38. The number of halogens is 3. The van der Waals surface area contributed by atoms with Gasteiger partial charge < -0.3 is 0 Å². The van der Waals surface area contributed by atoms with Crippen molar-refractivity contribution in [3.05, 3.63) is 0 Å². The Morgan fingerprint density at radius 3 is 1.82 bits per heavy atom. The third-order valence-electron chi connectivity index (χ3n) is 2.88. The van der Waals surface area contributed by atoms with Gasteiger partial charge in [0, 0.05) is 0 Å². The number of hydrogen-bond donors (Lipinski definition) is 0. The van der Waals surface area contributed by atoms with E-state index in [2.05, 4.69) is 20.8 Å². The van der Waals surface area contributed by atoms with Gasteiger partial charge in [0.15, 0.2) is 0 Å². The van der Waals surface area contributed by atoms with Crippen LogP contribution in [0.25, 0.3) is 0 Å². The topological polar surface area (TPSA) is 3.24 Å². The minimum Gasteiger partial charge on any atom is -0.295 e. The van der Waals surface area contributed by atoms with Gasteiger partial charge in [0.2, 0.25) is 0 Å². The monoisotopic (exact) mass is 253 g/mol. The average Bonchev–Trinajstić information content (AvgIpc) is 1.96. The molecular weight excluding hydrogens is 227 g/mol. The lowest BCUT2D eigenvalue weighted by Crippen LogP contribution is -2.47. The summed E-state index contributed by atoms with van der Waals surface area (Å²) in [6, 6.07) is -1.33. The molecule has 0 N–H and O–H groups in total. The molecule has 0 saturated heterocycles. The van der Waals surface area contributed by atoms with Crippen molar-refractivity contribution < 1.29 is 13.2 Å². The molecule has 0 unspecified atom stereocenters. The fraction of sp³-hybridized carbons (Fsp3) is 1.00. The Bertz CT molecular complexity index is 216. The second-order valence-corrected chi connectivity index (χ2v) is 6.38. The molecule has 4 heteroatoms. The van der Waals surface area contributed by atoms with Crippen LogP contribution < -0.4 is 0 Å². The Morgan fingerprint density at radius 1 is 1.06 bits per heavy atom. The van der Waals surface area contributed by atoms with E-state index in [4.69, 9.17) is 0 Å². The van der Waals surface area contributed by atoms with Gasteiger partial charge in [-0.2, -0.15) is 13.2 Å². The fourth-order valence-electron chi connectivity index (χ4n) is 2.13. The van der Waals surface area contributed by atoms with Crippen molar-refractivity contribution in [2.75, 3.05) is 13.6 Å². The van der Waals surface area contributed by atoms with Gasteiger partial charge in [0.1, 0.15) is 6.04 Å². The van der Waals surface area contributed by atoms with Crippen LogP contribution in [0, 0.1) is 11.3 Å². The zero-order valence-corrected chi connectivity index (χ0v) is 11.9. The highest BCUT2D eigenvalue weighted by Crippen LogP contribution is 2.30. The van der Waals surface area contributed by atoms with E-state index in [-0.39, 0.29) is 5.41 Å². The van der Waals surface area contributed by atoms with Crippen LogP contribution in [0.15, 0.2) is 0 Å². The molecule has 0 rings (SSSR count). The highest BCUT2D eigenvalue weighted by Gasteiger charge is 2.43. The zero-order valence-electron chi connectivity index (χ0n) is 11.9. The molecule has 1 atom stereocenters. The summed E-state index contributed by atoms with van der Waals surface area (Å²) in [5, 5.41) is 0. The first-order valence-corrected chi connectivity index (χ1v) is 6.22. The SMILES string of the molecule is CC(C)[C@@H](N(C)CCCC(C)(C)C)C(F)(F)F. The minimum absolute atomic E-state index is 0.187. The second kappa shape index (κ2) is 6.07. The highest BCUT2D eigenvalue weighted by atomic mass is 19.4. The Kier molecular flexibility index (Phi) is 5.99. The Morgan fingerprint density at radius 2 is 1.53 bits per heavy atom.